The van der Waals surface area contributed by atoms with Crippen LogP contribution in [0.5, 0.6) is 0 Å². The van der Waals surface area contributed by atoms with E-state index in [1.54, 1.807) is 24.4 Å². The van der Waals surface area contributed by atoms with Crippen LogP contribution in [0.4, 0.5) is 5.95 Å². The van der Waals surface area contributed by atoms with E-state index < -0.39 is 5.91 Å². The van der Waals surface area contributed by atoms with Crippen LogP contribution >= 0.6 is 0 Å². The van der Waals surface area contributed by atoms with Crippen LogP contribution in [0.3, 0.4) is 0 Å². The van der Waals surface area contributed by atoms with E-state index in [2.05, 4.69) is 9.97 Å². The number of likely N-dealkylation sites (tertiary alicyclic amines) is 1. The molecule has 4 N–H and O–H groups in total. The number of rotatable bonds is 4. The number of carbonyl (C=O) groups excluding carboxylic acids is 2. The summed E-state index contributed by atoms with van der Waals surface area (Å²) in [6, 6.07) is 7.15. The van der Waals surface area contributed by atoms with Gasteiger partial charge in [-0.1, -0.05) is 25.0 Å². The van der Waals surface area contributed by atoms with Gasteiger partial charge in [0.15, 0.2) is 0 Å². The van der Waals surface area contributed by atoms with Gasteiger partial charge in [0.25, 0.3) is 0 Å². The molecule has 7 heteroatoms. The molecule has 2 amide bonds. The number of hydrogen-bond donors (Lipinski definition) is 2. The molecule has 4 rings (SSSR count). The van der Waals surface area contributed by atoms with Crippen LogP contribution in [0.25, 0.3) is 11.1 Å². The number of hydrogen-bond acceptors (Lipinski definition) is 5. The molecule has 1 saturated carbocycles. The van der Waals surface area contributed by atoms with Gasteiger partial charge in [-0.15, -0.1) is 0 Å². The number of nitrogens with zero attached hydrogens (tertiary/aromatic N) is 3. The van der Waals surface area contributed by atoms with Gasteiger partial charge in [0.1, 0.15) is 0 Å². The molecule has 2 aromatic rings. The molecule has 1 saturated heterocycles. The summed E-state index contributed by atoms with van der Waals surface area (Å²) in [7, 11) is 0. The summed E-state index contributed by atoms with van der Waals surface area (Å²) in [6.07, 6.45) is 7.89. The van der Waals surface area contributed by atoms with Gasteiger partial charge in [-0.05, 0) is 43.4 Å². The van der Waals surface area contributed by atoms with Gasteiger partial charge in [-0.3, -0.25) is 9.59 Å². The maximum absolute atomic E-state index is 12.9. The molecule has 7 nitrogen and oxygen atoms in total. The van der Waals surface area contributed by atoms with E-state index in [1.165, 1.54) is 0 Å². The van der Waals surface area contributed by atoms with Crippen LogP contribution in [0.2, 0.25) is 0 Å². The molecule has 1 aliphatic carbocycles. The average Bonchev–Trinajstić information content (AvgIpc) is 3.28. The van der Waals surface area contributed by atoms with Crippen LogP contribution in [-0.4, -0.2) is 39.8 Å². The van der Waals surface area contributed by atoms with E-state index in [1.807, 2.05) is 11.0 Å². The fourth-order valence-electron chi connectivity index (χ4n) is 4.61. The van der Waals surface area contributed by atoms with E-state index in [-0.39, 0.29) is 23.7 Å². The number of aromatic nitrogens is 2. The van der Waals surface area contributed by atoms with Crippen LogP contribution in [0, 0.1) is 5.92 Å². The molecule has 1 unspecified atom stereocenters. The standard InChI is InChI=1S/C22H27N5O2/c23-20(28)16-8-3-7-15(11-16)18-12-25-22(24)26-19(18)17-9-4-10-27(13-17)21(29)14-5-1-2-6-14/h3,7-8,11-12,14,17H,1-2,4-6,9-10,13H2,(H2,23,28)(H2,24,25,26). The fourth-order valence-corrected chi connectivity index (χ4v) is 4.61. The lowest BCUT2D eigenvalue weighted by Crippen LogP contribution is -2.42. The molecule has 0 bridgehead atoms. The van der Waals surface area contributed by atoms with Gasteiger partial charge in [0.05, 0.1) is 5.69 Å². The summed E-state index contributed by atoms with van der Waals surface area (Å²) in [4.78, 5) is 35.3. The second-order valence-electron chi connectivity index (χ2n) is 8.08. The largest absolute Gasteiger partial charge is 0.368 e. The van der Waals surface area contributed by atoms with Crippen LogP contribution < -0.4 is 11.5 Å². The van der Waals surface area contributed by atoms with Gasteiger partial charge < -0.3 is 16.4 Å². The third kappa shape index (κ3) is 4.09. The Morgan fingerprint density at radius 1 is 1.10 bits per heavy atom. The number of nitrogens with two attached hydrogens (primary N) is 2. The second kappa shape index (κ2) is 8.19. The Bertz CT molecular complexity index is 923. The predicted molar refractivity (Wildman–Crippen MR) is 111 cm³/mol. The minimum Gasteiger partial charge on any atom is -0.368 e. The van der Waals surface area contributed by atoms with E-state index in [4.69, 9.17) is 11.5 Å². The first-order chi connectivity index (χ1) is 14.0. The molecule has 1 atom stereocenters. The quantitative estimate of drug-likeness (QED) is 0.829. The number of carbonyl (C=O) groups is 2. The Balaban J connectivity index is 1.64. The third-order valence-electron chi connectivity index (χ3n) is 6.12. The van der Waals surface area contributed by atoms with Crippen LogP contribution in [0.15, 0.2) is 30.5 Å². The first kappa shape index (κ1) is 19.4. The number of primary amides is 1. The lowest BCUT2D eigenvalue weighted by Gasteiger charge is -2.34. The third-order valence-corrected chi connectivity index (χ3v) is 6.12. The Morgan fingerprint density at radius 2 is 1.90 bits per heavy atom. The SMILES string of the molecule is NC(=O)c1cccc(-c2cnc(N)nc2C2CCCN(C(=O)C3CCCC3)C2)c1. The summed E-state index contributed by atoms with van der Waals surface area (Å²) in [5.41, 5.74) is 14.3. The van der Waals surface area contributed by atoms with Gasteiger partial charge >= 0.3 is 0 Å². The molecular formula is C22H27N5O2. The van der Waals surface area contributed by atoms with Gasteiger partial charge in [-0.2, -0.15) is 0 Å². The van der Waals surface area contributed by atoms with Crippen molar-refractivity contribution in [3.05, 3.63) is 41.7 Å². The molecule has 0 spiro atoms. The highest BCUT2D eigenvalue weighted by Gasteiger charge is 2.32. The van der Waals surface area contributed by atoms with Gasteiger partial charge in [0, 0.05) is 42.2 Å². The zero-order valence-electron chi connectivity index (χ0n) is 16.5. The van der Waals surface area contributed by atoms with Crippen molar-refractivity contribution in [1.29, 1.82) is 0 Å². The van der Waals surface area contributed by atoms with Crippen molar-refractivity contribution >= 4 is 17.8 Å². The summed E-state index contributed by atoms with van der Waals surface area (Å²) >= 11 is 0. The molecule has 1 aromatic heterocycles. The lowest BCUT2D eigenvalue weighted by molar-refractivity contribution is -0.136. The van der Waals surface area contributed by atoms with E-state index in [9.17, 15) is 9.59 Å². The minimum absolute atomic E-state index is 0.0895. The first-order valence-corrected chi connectivity index (χ1v) is 10.3. The van der Waals surface area contributed by atoms with Gasteiger partial charge in [0.2, 0.25) is 17.8 Å². The number of amides is 2. The highest BCUT2D eigenvalue weighted by molar-refractivity contribution is 5.94. The van der Waals surface area contributed by atoms with E-state index >= 15 is 0 Å². The number of benzene rings is 1. The maximum Gasteiger partial charge on any atom is 0.248 e. The Morgan fingerprint density at radius 3 is 2.66 bits per heavy atom. The Hall–Kier alpha value is -2.96. The van der Waals surface area contributed by atoms with Crippen molar-refractivity contribution in [2.24, 2.45) is 11.7 Å². The summed E-state index contributed by atoms with van der Waals surface area (Å²) in [6.45, 7) is 1.45. The lowest BCUT2D eigenvalue weighted by atomic mass is 9.89. The Labute approximate surface area is 170 Å². The van der Waals surface area contributed by atoms with Crippen LogP contribution in [0.1, 0.15) is 60.5 Å². The number of piperidine rings is 1. The minimum atomic E-state index is -0.476. The molecule has 152 valence electrons. The average molecular weight is 393 g/mol. The van der Waals surface area contributed by atoms with Crippen molar-refractivity contribution in [3.63, 3.8) is 0 Å². The van der Waals surface area contributed by atoms with Gasteiger partial charge in [-0.25, -0.2) is 9.97 Å². The topological polar surface area (TPSA) is 115 Å². The predicted octanol–water partition coefficient (Wildman–Crippen LogP) is 2.72. The monoisotopic (exact) mass is 393 g/mol. The van der Waals surface area contributed by atoms with E-state index in [0.29, 0.717) is 12.1 Å². The number of nitrogen functional groups attached to an aromatic ring is 1. The van der Waals surface area contributed by atoms with Crippen molar-refractivity contribution in [1.82, 2.24) is 14.9 Å². The summed E-state index contributed by atoms with van der Waals surface area (Å²) in [5.74, 6) is 0.291. The highest BCUT2D eigenvalue weighted by atomic mass is 16.2. The molecule has 1 aromatic carbocycles. The second-order valence-corrected chi connectivity index (χ2v) is 8.08. The molecule has 29 heavy (non-hydrogen) atoms. The van der Waals surface area contributed by atoms with Crippen LogP contribution in [-0.2, 0) is 4.79 Å². The number of anilines is 1. The van der Waals surface area contributed by atoms with Crippen molar-refractivity contribution in [3.8, 4) is 11.1 Å². The zero-order valence-corrected chi connectivity index (χ0v) is 16.5. The van der Waals surface area contributed by atoms with Crippen molar-refractivity contribution < 1.29 is 9.59 Å². The molecule has 2 fully saturated rings. The summed E-state index contributed by atoms with van der Waals surface area (Å²) in [5, 5.41) is 0. The highest BCUT2D eigenvalue weighted by Crippen LogP contribution is 2.35. The first-order valence-electron chi connectivity index (χ1n) is 10.3. The van der Waals surface area contributed by atoms with E-state index in [0.717, 1.165) is 61.9 Å². The van der Waals surface area contributed by atoms with Crippen molar-refractivity contribution in [2.45, 2.75) is 44.4 Å². The molecule has 2 aliphatic rings. The molecule has 1 aliphatic heterocycles. The zero-order chi connectivity index (χ0) is 20.4. The Kier molecular flexibility index (Phi) is 5.47. The summed E-state index contributed by atoms with van der Waals surface area (Å²) < 4.78 is 0. The molecular weight excluding hydrogens is 366 g/mol. The normalized spacial score (nSPS) is 20.0. The molecule has 2 heterocycles. The fraction of sp³-hybridized carbons (Fsp3) is 0.455. The smallest absolute Gasteiger partial charge is 0.248 e. The molecule has 0 radical (unpaired) electrons. The van der Waals surface area contributed by atoms with Crippen molar-refractivity contribution in [2.75, 3.05) is 18.8 Å². The maximum atomic E-state index is 12.9.